The number of unbranched alkanes of at least 4 members (excludes halogenated alkanes) is 2. The molecule has 168 valence electrons. The fourth-order valence-corrected chi connectivity index (χ4v) is 5.44. The van der Waals surface area contributed by atoms with E-state index < -0.39 is 0 Å². The number of nitrogens with zero attached hydrogens (tertiary/aromatic N) is 2. The summed E-state index contributed by atoms with van der Waals surface area (Å²) in [5.41, 5.74) is 1.11. The van der Waals surface area contributed by atoms with Gasteiger partial charge < -0.3 is 9.47 Å². The first-order valence-electron chi connectivity index (χ1n) is 11.4. The maximum absolute atomic E-state index is 9.62. The molecule has 2 heterocycles. The highest BCUT2D eigenvalue weighted by molar-refractivity contribution is 7.21. The van der Waals surface area contributed by atoms with Crippen molar-refractivity contribution in [2.45, 2.75) is 72.6 Å². The predicted molar refractivity (Wildman–Crippen MR) is 130 cm³/mol. The quantitative estimate of drug-likeness (QED) is 0.287. The van der Waals surface area contributed by atoms with Gasteiger partial charge in [-0.25, -0.2) is 0 Å². The van der Waals surface area contributed by atoms with Gasteiger partial charge in [-0.05, 0) is 24.7 Å². The van der Waals surface area contributed by atoms with Crippen molar-refractivity contribution in [3.05, 3.63) is 21.9 Å². The molecular formula is C25H34N2O2S2. The van der Waals surface area contributed by atoms with Crippen LogP contribution in [-0.4, -0.2) is 13.2 Å². The standard InChI is InChI=1S/C25H34N2O2S2/c1-5-8-10-18(4)14-28-22-20(12-26)16-30-24(22)25-23(21(13-27)17-31-25)29-15-19(7-3)11-9-6-2/h16-19H,5-11,14-15H2,1-4H3. The van der Waals surface area contributed by atoms with E-state index in [4.69, 9.17) is 9.47 Å². The lowest BCUT2D eigenvalue weighted by molar-refractivity contribution is 0.234. The van der Waals surface area contributed by atoms with Crippen LogP contribution in [0.5, 0.6) is 11.5 Å². The van der Waals surface area contributed by atoms with Crippen LogP contribution in [0.1, 0.15) is 83.8 Å². The Bertz CT molecular complexity index is 888. The van der Waals surface area contributed by atoms with E-state index in [1.54, 1.807) is 0 Å². The van der Waals surface area contributed by atoms with Crippen LogP contribution in [0.4, 0.5) is 0 Å². The summed E-state index contributed by atoms with van der Waals surface area (Å²) in [6.07, 6.45) is 8.01. The third-order valence-corrected chi connectivity index (χ3v) is 7.59. The van der Waals surface area contributed by atoms with Gasteiger partial charge in [0.2, 0.25) is 0 Å². The molecule has 0 bridgehead atoms. The first-order chi connectivity index (χ1) is 15.1. The van der Waals surface area contributed by atoms with E-state index in [1.165, 1.54) is 48.4 Å². The third kappa shape index (κ3) is 6.99. The average molecular weight is 459 g/mol. The van der Waals surface area contributed by atoms with Gasteiger partial charge in [0.05, 0.1) is 23.0 Å². The minimum absolute atomic E-state index is 0.428. The van der Waals surface area contributed by atoms with Crippen molar-refractivity contribution in [2.75, 3.05) is 13.2 Å². The summed E-state index contributed by atoms with van der Waals surface area (Å²) in [6, 6.07) is 4.53. The SMILES string of the molecule is CCCCC(C)COc1c(C#N)csc1-c1scc(C#N)c1OCC(CC)CCCC. The van der Waals surface area contributed by atoms with Gasteiger partial charge in [0.15, 0.2) is 11.5 Å². The number of thiophene rings is 2. The molecule has 6 heteroatoms. The predicted octanol–water partition coefficient (Wildman–Crippen LogP) is 8.02. The van der Waals surface area contributed by atoms with Crippen LogP contribution >= 0.6 is 22.7 Å². The lowest BCUT2D eigenvalue weighted by atomic mass is 10.0. The van der Waals surface area contributed by atoms with Crippen molar-refractivity contribution < 1.29 is 9.47 Å². The molecule has 2 unspecified atom stereocenters. The Labute approximate surface area is 195 Å². The molecule has 31 heavy (non-hydrogen) atoms. The second-order valence-corrected chi connectivity index (χ2v) is 9.88. The van der Waals surface area contributed by atoms with E-state index in [1.807, 2.05) is 10.8 Å². The van der Waals surface area contributed by atoms with Crippen molar-refractivity contribution in [3.63, 3.8) is 0 Å². The van der Waals surface area contributed by atoms with E-state index in [0.29, 0.717) is 47.7 Å². The number of nitriles is 2. The molecule has 2 atom stereocenters. The average Bonchev–Trinajstić information content (AvgIpc) is 3.39. The molecule has 0 aliphatic rings. The molecule has 2 aromatic rings. The van der Waals surface area contributed by atoms with E-state index in [0.717, 1.165) is 29.0 Å². The zero-order valence-corrected chi connectivity index (χ0v) is 20.8. The Morgan fingerprint density at radius 1 is 0.839 bits per heavy atom. The Morgan fingerprint density at radius 2 is 1.35 bits per heavy atom. The molecule has 0 saturated carbocycles. The van der Waals surface area contributed by atoms with Crippen molar-refractivity contribution in [1.29, 1.82) is 10.5 Å². The Morgan fingerprint density at radius 3 is 1.84 bits per heavy atom. The second-order valence-electron chi connectivity index (χ2n) is 8.12. The maximum Gasteiger partial charge on any atom is 0.156 e. The summed E-state index contributed by atoms with van der Waals surface area (Å²) in [6.45, 7) is 9.95. The summed E-state index contributed by atoms with van der Waals surface area (Å²) in [5, 5.41) is 22.9. The van der Waals surface area contributed by atoms with Crippen molar-refractivity contribution in [1.82, 2.24) is 0 Å². The van der Waals surface area contributed by atoms with Gasteiger partial charge >= 0.3 is 0 Å². The second kappa shape index (κ2) is 13.4. The Hall–Kier alpha value is -2.02. The van der Waals surface area contributed by atoms with Crippen LogP contribution in [0.15, 0.2) is 10.8 Å². The van der Waals surface area contributed by atoms with Gasteiger partial charge in [0, 0.05) is 10.8 Å². The van der Waals surface area contributed by atoms with Crippen LogP contribution in [0.25, 0.3) is 9.75 Å². The van der Waals surface area contributed by atoms with Crippen molar-refractivity contribution >= 4 is 22.7 Å². The molecule has 0 aliphatic carbocycles. The summed E-state index contributed by atoms with van der Waals surface area (Å²) in [4.78, 5) is 1.78. The molecule has 0 N–H and O–H groups in total. The molecule has 0 fully saturated rings. The highest BCUT2D eigenvalue weighted by Gasteiger charge is 2.24. The summed E-state index contributed by atoms with van der Waals surface area (Å²) in [7, 11) is 0. The molecule has 2 aromatic heterocycles. The number of ether oxygens (including phenoxy) is 2. The van der Waals surface area contributed by atoms with Crippen molar-refractivity contribution in [3.8, 4) is 33.4 Å². The highest BCUT2D eigenvalue weighted by Crippen LogP contribution is 2.48. The molecule has 2 rings (SSSR count). The van der Waals surface area contributed by atoms with E-state index in [2.05, 4.69) is 39.8 Å². The lowest BCUT2D eigenvalue weighted by Crippen LogP contribution is -2.12. The van der Waals surface area contributed by atoms with E-state index >= 15 is 0 Å². The largest absolute Gasteiger partial charge is 0.490 e. The Kier molecular flexibility index (Phi) is 10.9. The summed E-state index contributed by atoms with van der Waals surface area (Å²) in [5.74, 6) is 2.17. The summed E-state index contributed by atoms with van der Waals surface area (Å²) < 4.78 is 12.4. The van der Waals surface area contributed by atoms with Gasteiger partial charge in [0.25, 0.3) is 0 Å². The minimum Gasteiger partial charge on any atom is -0.490 e. The number of hydrogen-bond acceptors (Lipinski definition) is 6. The van der Waals surface area contributed by atoms with E-state index in [-0.39, 0.29) is 0 Å². The fraction of sp³-hybridized carbons (Fsp3) is 0.600. The molecule has 0 saturated heterocycles. The zero-order valence-electron chi connectivity index (χ0n) is 19.2. The zero-order chi connectivity index (χ0) is 22.6. The Balaban J connectivity index is 2.26. The third-order valence-electron chi connectivity index (χ3n) is 5.51. The number of rotatable bonds is 14. The molecule has 4 nitrogen and oxygen atoms in total. The summed E-state index contributed by atoms with van der Waals surface area (Å²) >= 11 is 2.98. The smallest absolute Gasteiger partial charge is 0.156 e. The van der Waals surface area contributed by atoms with Crippen molar-refractivity contribution in [2.24, 2.45) is 11.8 Å². The minimum atomic E-state index is 0.428. The van der Waals surface area contributed by atoms with Gasteiger partial charge in [-0.1, -0.05) is 59.8 Å². The molecule has 0 aromatic carbocycles. The van der Waals surface area contributed by atoms with Gasteiger partial charge in [0.1, 0.15) is 23.3 Å². The first kappa shape index (κ1) is 25.2. The van der Waals surface area contributed by atoms with Crippen LogP contribution < -0.4 is 9.47 Å². The van der Waals surface area contributed by atoms with Crippen LogP contribution in [0.2, 0.25) is 0 Å². The molecule has 0 amide bonds. The van der Waals surface area contributed by atoms with Gasteiger partial charge in [-0.3, -0.25) is 0 Å². The molecule has 0 aliphatic heterocycles. The highest BCUT2D eigenvalue weighted by atomic mass is 32.1. The molecular weight excluding hydrogens is 424 g/mol. The van der Waals surface area contributed by atoms with Crippen LogP contribution in [-0.2, 0) is 0 Å². The maximum atomic E-state index is 9.62. The number of hydrogen-bond donors (Lipinski definition) is 0. The van der Waals surface area contributed by atoms with E-state index in [9.17, 15) is 10.5 Å². The normalized spacial score (nSPS) is 12.7. The lowest BCUT2D eigenvalue weighted by Gasteiger charge is -2.17. The topological polar surface area (TPSA) is 66.0 Å². The fourth-order valence-electron chi connectivity index (χ4n) is 3.41. The molecule has 0 radical (unpaired) electrons. The monoisotopic (exact) mass is 458 g/mol. The van der Waals surface area contributed by atoms with Gasteiger partial charge in [-0.15, -0.1) is 22.7 Å². The molecule has 0 spiro atoms. The first-order valence-corrected chi connectivity index (χ1v) is 13.1. The van der Waals surface area contributed by atoms with Gasteiger partial charge in [-0.2, -0.15) is 10.5 Å². The van der Waals surface area contributed by atoms with Crippen LogP contribution in [0, 0.1) is 34.5 Å². The van der Waals surface area contributed by atoms with Crippen LogP contribution in [0.3, 0.4) is 0 Å².